The lowest BCUT2D eigenvalue weighted by Crippen LogP contribution is -2.50. The molecule has 2 amide bonds. The van der Waals surface area contributed by atoms with Crippen LogP contribution in [0.2, 0.25) is 0 Å². The lowest BCUT2D eigenvalue weighted by Gasteiger charge is -2.33. The first-order chi connectivity index (χ1) is 13.2. The highest BCUT2D eigenvalue weighted by Crippen LogP contribution is 2.10. The Morgan fingerprint density at radius 3 is 2.41 bits per heavy atom. The molecule has 1 aliphatic heterocycles. The van der Waals surface area contributed by atoms with Crippen LogP contribution in [0.4, 0.5) is 10.6 Å². The predicted octanol–water partition coefficient (Wildman–Crippen LogP) is 1.40. The molecule has 1 saturated heterocycles. The molecule has 142 valence electrons. The number of nitrogens with zero attached hydrogens (tertiary/aromatic N) is 5. The summed E-state index contributed by atoms with van der Waals surface area (Å²) in [7, 11) is 0. The SMILES string of the molecule is CCOC(=O)N1CCN(C(=O)c2cnc(NCc3ccncc3)cn2)CC1. The average Bonchev–Trinajstić information content (AvgIpc) is 2.73. The third-order valence-electron chi connectivity index (χ3n) is 4.19. The van der Waals surface area contributed by atoms with Crippen LogP contribution in [0.1, 0.15) is 23.0 Å². The topological polar surface area (TPSA) is 101 Å². The van der Waals surface area contributed by atoms with Gasteiger partial charge in [0.05, 0.1) is 19.0 Å². The lowest BCUT2D eigenvalue weighted by molar-refractivity contribution is 0.0565. The Bertz CT molecular complexity index is 760. The van der Waals surface area contributed by atoms with Crippen molar-refractivity contribution in [3.05, 3.63) is 48.2 Å². The molecule has 0 saturated carbocycles. The highest BCUT2D eigenvalue weighted by atomic mass is 16.6. The second-order valence-corrected chi connectivity index (χ2v) is 5.97. The summed E-state index contributed by atoms with van der Waals surface area (Å²) in [5.74, 6) is 0.405. The van der Waals surface area contributed by atoms with Gasteiger partial charge in [-0.05, 0) is 24.6 Å². The van der Waals surface area contributed by atoms with Gasteiger partial charge in [0.2, 0.25) is 0 Å². The van der Waals surface area contributed by atoms with E-state index in [0.29, 0.717) is 45.1 Å². The Morgan fingerprint density at radius 2 is 1.78 bits per heavy atom. The van der Waals surface area contributed by atoms with E-state index in [0.717, 1.165) is 5.56 Å². The number of rotatable bonds is 5. The van der Waals surface area contributed by atoms with Crippen LogP contribution in [-0.2, 0) is 11.3 Å². The van der Waals surface area contributed by atoms with Gasteiger partial charge in [-0.25, -0.2) is 14.8 Å². The van der Waals surface area contributed by atoms with Crippen molar-refractivity contribution in [1.82, 2.24) is 24.8 Å². The van der Waals surface area contributed by atoms with Gasteiger partial charge in [-0.1, -0.05) is 0 Å². The molecule has 0 bridgehead atoms. The number of pyridine rings is 1. The smallest absolute Gasteiger partial charge is 0.409 e. The Hall–Kier alpha value is -3.23. The number of amides is 2. The van der Waals surface area contributed by atoms with Crippen LogP contribution >= 0.6 is 0 Å². The summed E-state index contributed by atoms with van der Waals surface area (Å²) >= 11 is 0. The van der Waals surface area contributed by atoms with Crippen molar-refractivity contribution in [2.45, 2.75) is 13.5 Å². The standard InChI is InChI=1S/C18H22N6O3/c1-2-27-18(26)24-9-7-23(8-10-24)17(25)15-12-22-16(13-20-15)21-11-14-3-5-19-6-4-14/h3-6,12-13H,2,7-11H2,1H3,(H,21,22). The quantitative estimate of drug-likeness (QED) is 0.849. The molecule has 3 rings (SSSR count). The normalized spacial score (nSPS) is 14.0. The minimum atomic E-state index is -0.339. The first-order valence-electron chi connectivity index (χ1n) is 8.83. The summed E-state index contributed by atoms with van der Waals surface area (Å²) in [5, 5.41) is 3.15. The van der Waals surface area contributed by atoms with Crippen LogP contribution < -0.4 is 5.32 Å². The molecular formula is C18H22N6O3. The third-order valence-corrected chi connectivity index (χ3v) is 4.19. The number of aromatic nitrogens is 3. The van der Waals surface area contributed by atoms with Gasteiger partial charge >= 0.3 is 6.09 Å². The van der Waals surface area contributed by atoms with Crippen LogP contribution in [0.5, 0.6) is 0 Å². The zero-order chi connectivity index (χ0) is 19.1. The highest BCUT2D eigenvalue weighted by Gasteiger charge is 2.26. The molecule has 1 fully saturated rings. The van der Waals surface area contributed by atoms with E-state index in [-0.39, 0.29) is 17.7 Å². The number of carbonyl (C=O) groups excluding carboxylic acids is 2. The summed E-state index contributed by atoms with van der Waals surface area (Å²) in [6, 6.07) is 3.82. The lowest BCUT2D eigenvalue weighted by atomic mass is 10.3. The van der Waals surface area contributed by atoms with Crippen molar-refractivity contribution >= 4 is 17.8 Å². The minimum absolute atomic E-state index is 0.188. The largest absolute Gasteiger partial charge is 0.450 e. The predicted molar refractivity (Wildman–Crippen MR) is 98.1 cm³/mol. The maximum Gasteiger partial charge on any atom is 0.409 e. The van der Waals surface area contributed by atoms with E-state index >= 15 is 0 Å². The van der Waals surface area contributed by atoms with Crippen LogP contribution in [0, 0.1) is 0 Å². The van der Waals surface area contributed by atoms with E-state index in [2.05, 4.69) is 20.3 Å². The zero-order valence-corrected chi connectivity index (χ0v) is 15.2. The monoisotopic (exact) mass is 370 g/mol. The summed E-state index contributed by atoms with van der Waals surface area (Å²) in [6.07, 6.45) is 6.13. The van der Waals surface area contributed by atoms with Crippen molar-refractivity contribution in [1.29, 1.82) is 0 Å². The highest BCUT2D eigenvalue weighted by molar-refractivity contribution is 5.92. The second-order valence-electron chi connectivity index (χ2n) is 5.97. The number of hydrogen-bond donors (Lipinski definition) is 1. The van der Waals surface area contributed by atoms with Gasteiger partial charge in [-0.15, -0.1) is 0 Å². The number of ether oxygens (including phenoxy) is 1. The average molecular weight is 370 g/mol. The molecule has 0 atom stereocenters. The molecule has 2 aromatic rings. The molecule has 0 spiro atoms. The van der Waals surface area contributed by atoms with E-state index in [9.17, 15) is 9.59 Å². The van der Waals surface area contributed by atoms with Crippen molar-refractivity contribution in [3.63, 3.8) is 0 Å². The van der Waals surface area contributed by atoms with Crippen molar-refractivity contribution in [3.8, 4) is 0 Å². The molecule has 1 aliphatic rings. The third kappa shape index (κ3) is 4.90. The molecular weight excluding hydrogens is 348 g/mol. The fraction of sp³-hybridized carbons (Fsp3) is 0.389. The molecule has 9 heteroatoms. The fourth-order valence-electron chi connectivity index (χ4n) is 2.69. The molecule has 0 radical (unpaired) electrons. The molecule has 0 unspecified atom stereocenters. The van der Waals surface area contributed by atoms with Crippen LogP contribution in [0.3, 0.4) is 0 Å². The molecule has 1 N–H and O–H groups in total. The number of carbonyl (C=O) groups is 2. The Kier molecular flexibility index (Phi) is 6.14. The van der Waals surface area contributed by atoms with Crippen LogP contribution in [-0.4, -0.2) is 69.5 Å². The Morgan fingerprint density at radius 1 is 1.07 bits per heavy atom. The fourth-order valence-corrected chi connectivity index (χ4v) is 2.69. The van der Waals surface area contributed by atoms with Crippen LogP contribution in [0.25, 0.3) is 0 Å². The van der Waals surface area contributed by atoms with Crippen molar-refractivity contribution < 1.29 is 14.3 Å². The van der Waals surface area contributed by atoms with Crippen molar-refractivity contribution in [2.75, 3.05) is 38.1 Å². The van der Waals surface area contributed by atoms with E-state index in [1.807, 2.05) is 12.1 Å². The zero-order valence-electron chi connectivity index (χ0n) is 15.2. The van der Waals surface area contributed by atoms with Gasteiger partial charge in [-0.3, -0.25) is 9.78 Å². The molecule has 27 heavy (non-hydrogen) atoms. The van der Waals surface area contributed by atoms with Gasteiger partial charge in [0, 0.05) is 45.1 Å². The van der Waals surface area contributed by atoms with E-state index in [1.165, 1.54) is 6.20 Å². The van der Waals surface area contributed by atoms with E-state index in [4.69, 9.17) is 4.74 Å². The first kappa shape index (κ1) is 18.6. The number of nitrogens with one attached hydrogen (secondary N) is 1. The second kappa shape index (κ2) is 8.93. The van der Waals surface area contributed by atoms with Gasteiger partial charge in [0.1, 0.15) is 11.5 Å². The molecule has 9 nitrogen and oxygen atoms in total. The van der Waals surface area contributed by atoms with E-state index in [1.54, 1.807) is 35.3 Å². The number of hydrogen-bond acceptors (Lipinski definition) is 7. The summed E-state index contributed by atoms with van der Waals surface area (Å²) in [6.45, 7) is 4.50. The van der Waals surface area contributed by atoms with E-state index < -0.39 is 0 Å². The van der Waals surface area contributed by atoms with Gasteiger partial charge in [0.15, 0.2) is 0 Å². The Labute approximate surface area is 157 Å². The summed E-state index contributed by atoms with van der Waals surface area (Å²) in [4.78, 5) is 40.0. The molecule has 0 aliphatic carbocycles. The summed E-state index contributed by atoms with van der Waals surface area (Å²) < 4.78 is 4.98. The minimum Gasteiger partial charge on any atom is -0.450 e. The number of anilines is 1. The maximum absolute atomic E-state index is 12.6. The Balaban J connectivity index is 1.51. The van der Waals surface area contributed by atoms with Gasteiger partial charge < -0.3 is 19.9 Å². The van der Waals surface area contributed by atoms with Gasteiger partial charge in [-0.2, -0.15) is 0 Å². The van der Waals surface area contributed by atoms with Gasteiger partial charge in [0.25, 0.3) is 5.91 Å². The van der Waals surface area contributed by atoms with Crippen LogP contribution in [0.15, 0.2) is 36.9 Å². The first-order valence-corrected chi connectivity index (χ1v) is 8.83. The molecule has 2 aromatic heterocycles. The number of piperazine rings is 1. The summed E-state index contributed by atoms with van der Waals surface area (Å²) in [5.41, 5.74) is 1.36. The molecule has 0 aromatic carbocycles. The van der Waals surface area contributed by atoms with Crippen molar-refractivity contribution in [2.24, 2.45) is 0 Å². The maximum atomic E-state index is 12.6. The molecule has 3 heterocycles.